The topological polar surface area (TPSA) is 129 Å². The van der Waals surface area contributed by atoms with Crippen LogP contribution in [0.25, 0.3) is 0 Å². The predicted molar refractivity (Wildman–Crippen MR) is 140 cm³/mol. The van der Waals surface area contributed by atoms with Crippen molar-refractivity contribution in [2.24, 2.45) is 11.8 Å². The molecule has 38 heavy (non-hydrogen) atoms. The summed E-state index contributed by atoms with van der Waals surface area (Å²) in [6.45, 7) is 7.16. The Kier molecular flexibility index (Phi) is 12.4. The molecule has 2 amide bonds. The molecule has 0 saturated heterocycles. The Morgan fingerprint density at radius 2 is 0.974 bits per heavy atom. The van der Waals surface area contributed by atoms with Crippen LogP contribution in [0.15, 0.2) is 72.8 Å². The minimum Gasteiger partial charge on any atom is -0.460 e. The van der Waals surface area contributed by atoms with Gasteiger partial charge >= 0.3 is 24.1 Å². The Bertz CT molecular complexity index is 985. The van der Waals surface area contributed by atoms with E-state index in [0.717, 1.165) is 12.2 Å². The highest BCUT2D eigenvalue weighted by atomic mass is 16.6. The number of hydrogen-bond acceptors (Lipinski definition) is 8. The Balaban J connectivity index is 1.76. The highest BCUT2D eigenvalue weighted by Gasteiger charge is 2.21. The number of para-hydroxylation sites is 2. The van der Waals surface area contributed by atoms with Crippen molar-refractivity contribution in [2.75, 3.05) is 13.2 Å². The van der Waals surface area contributed by atoms with Crippen molar-refractivity contribution in [3.63, 3.8) is 0 Å². The fraction of sp³-hybridized carbons (Fsp3) is 0.357. The second-order valence-corrected chi connectivity index (χ2v) is 8.99. The minimum absolute atomic E-state index is 0.0610. The first kappa shape index (κ1) is 29.9. The van der Waals surface area contributed by atoms with Gasteiger partial charge in [0.2, 0.25) is 0 Å². The molecule has 0 heterocycles. The van der Waals surface area contributed by atoms with E-state index in [-0.39, 0.29) is 25.0 Å². The van der Waals surface area contributed by atoms with E-state index in [9.17, 15) is 19.2 Å². The molecule has 0 aliphatic heterocycles. The Hall–Kier alpha value is -4.34. The van der Waals surface area contributed by atoms with Gasteiger partial charge in [-0.1, -0.05) is 64.1 Å². The maximum atomic E-state index is 12.1. The highest BCUT2D eigenvalue weighted by molar-refractivity contribution is 5.91. The second-order valence-electron chi connectivity index (χ2n) is 8.99. The molecule has 0 radical (unpaired) electrons. The fourth-order valence-electron chi connectivity index (χ4n) is 2.93. The Labute approximate surface area is 222 Å². The lowest BCUT2D eigenvalue weighted by atomic mass is 10.1. The van der Waals surface area contributed by atoms with Crippen LogP contribution < -0.4 is 20.1 Å². The molecule has 0 unspecified atom stereocenters. The molecule has 2 aromatic carbocycles. The standard InChI is InChI=1S/C28H34N2O8/c1-19(2)23(29-27(33)37-21-11-7-5-8-12-21)17-35-25(31)15-16-26(32)36-18-24(20(3)4)30-28(34)38-22-13-9-6-10-14-22/h5-16,19-20,23-24H,17-18H2,1-4H3,(H,29,33)(H,30,34)/b16-15+/t23-,24-/m0/s1. The summed E-state index contributed by atoms with van der Waals surface area (Å²) in [5, 5.41) is 5.32. The Morgan fingerprint density at radius 3 is 1.29 bits per heavy atom. The van der Waals surface area contributed by atoms with Crippen LogP contribution in [0.4, 0.5) is 9.59 Å². The van der Waals surface area contributed by atoms with E-state index in [1.54, 1.807) is 60.7 Å². The van der Waals surface area contributed by atoms with Crippen molar-refractivity contribution < 1.29 is 38.1 Å². The lowest BCUT2D eigenvalue weighted by Crippen LogP contribution is -2.43. The number of benzene rings is 2. The third-order valence-electron chi connectivity index (χ3n) is 5.29. The smallest absolute Gasteiger partial charge is 0.412 e. The molecule has 0 aromatic heterocycles. The first-order chi connectivity index (χ1) is 18.1. The molecule has 204 valence electrons. The van der Waals surface area contributed by atoms with E-state index >= 15 is 0 Å². The van der Waals surface area contributed by atoms with Gasteiger partial charge in [-0.05, 0) is 36.1 Å². The molecule has 10 nitrogen and oxygen atoms in total. The molecule has 0 spiro atoms. The summed E-state index contributed by atoms with van der Waals surface area (Å²) >= 11 is 0. The average molecular weight is 527 g/mol. The molecule has 2 atom stereocenters. The van der Waals surface area contributed by atoms with Crippen molar-refractivity contribution >= 4 is 24.1 Å². The van der Waals surface area contributed by atoms with Crippen molar-refractivity contribution in [3.05, 3.63) is 72.8 Å². The third-order valence-corrected chi connectivity index (χ3v) is 5.29. The summed E-state index contributed by atoms with van der Waals surface area (Å²) in [6, 6.07) is 16.1. The van der Waals surface area contributed by atoms with Crippen LogP contribution in [0, 0.1) is 11.8 Å². The van der Waals surface area contributed by atoms with Gasteiger partial charge < -0.3 is 29.6 Å². The number of rotatable bonds is 12. The first-order valence-electron chi connectivity index (χ1n) is 12.2. The van der Waals surface area contributed by atoms with Gasteiger partial charge in [0.15, 0.2) is 0 Å². The number of nitrogens with one attached hydrogen (secondary N) is 2. The largest absolute Gasteiger partial charge is 0.460 e. The van der Waals surface area contributed by atoms with Gasteiger partial charge in [0.1, 0.15) is 24.7 Å². The number of amides is 2. The zero-order valence-corrected chi connectivity index (χ0v) is 21.9. The van der Waals surface area contributed by atoms with Crippen LogP contribution >= 0.6 is 0 Å². The highest BCUT2D eigenvalue weighted by Crippen LogP contribution is 2.11. The number of carbonyl (C=O) groups excluding carboxylic acids is 4. The van der Waals surface area contributed by atoms with E-state index in [2.05, 4.69) is 10.6 Å². The fourth-order valence-corrected chi connectivity index (χ4v) is 2.93. The lowest BCUT2D eigenvalue weighted by Gasteiger charge is -2.21. The molecule has 2 rings (SSSR count). The third kappa shape index (κ3) is 11.6. The van der Waals surface area contributed by atoms with E-state index in [1.807, 2.05) is 27.7 Å². The number of carbonyl (C=O) groups is 4. The average Bonchev–Trinajstić information content (AvgIpc) is 2.88. The van der Waals surface area contributed by atoms with Gasteiger partial charge in [-0.25, -0.2) is 19.2 Å². The summed E-state index contributed by atoms with van der Waals surface area (Å²) in [5.41, 5.74) is 0. The summed E-state index contributed by atoms with van der Waals surface area (Å²) < 4.78 is 20.7. The molecular weight excluding hydrogens is 492 g/mol. The quantitative estimate of drug-likeness (QED) is 0.310. The lowest BCUT2D eigenvalue weighted by molar-refractivity contribution is -0.141. The SMILES string of the molecule is CC(C)[C@H](COC(=O)/C=C/C(=O)OC[C@H](NC(=O)Oc1ccccc1)C(C)C)NC(=O)Oc1ccccc1. The monoisotopic (exact) mass is 526 g/mol. The number of esters is 2. The summed E-state index contributed by atoms with van der Waals surface area (Å²) in [6.07, 6.45) is 0.518. The zero-order chi connectivity index (χ0) is 27.9. The predicted octanol–water partition coefficient (Wildman–Crippen LogP) is 4.26. The second kappa shape index (κ2) is 15.7. The Morgan fingerprint density at radius 1 is 0.632 bits per heavy atom. The molecule has 0 fully saturated rings. The molecule has 10 heteroatoms. The van der Waals surface area contributed by atoms with Crippen molar-refractivity contribution in [1.82, 2.24) is 10.6 Å². The number of hydrogen-bond donors (Lipinski definition) is 2. The van der Waals surface area contributed by atoms with Gasteiger partial charge in [-0.3, -0.25) is 0 Å². The summed E-state index contributed by atoms with van der Waals surface area (Å²) in [7, 11) is 0. The molecule has 0 aliphatic carbocycles. The van der Waals surface area contributed by atoms with Crippen LogP contribution in [0.1, 0.15) is 27.7 Å². The van der Waals surface area contributed by atoms with Crippen LogP contribution in [0.3, 0.4) is 0 Å². The van der Waals surface area contributed by atoms with Gasteiger partial charge in [0, 0.05) is 12.2 Å². The van der Waals surface area contributed by atoms with Crippen molar-refractivity contribution in [2.45, 2.75) is 39.8 Å². The molecule has 2 aromatic rings. The normalized spacial score (nSPS) is 12.5. The van der Waals surface area contributed by atoms with Gasteiger partial charge in [0.05, 0.1) is 12.1 Å². The van der Waals surface area contributed by atoms with Gasteiger partial charge in [0.25, 0.3) is 0 Å². The van der Waals surface area contributed by atoms with E-state index in [4.69, 9.17) is 18.9 Å². The molecule has 0 saturated carbocycles. The van der Waals surface area contributed by atoms with E-state index < -0.39 is 36.2 Å². The van der Waals surface area contributed by atoms with E-state index in [0.29, 0.717) is 11.5 Å². The van der Waals surface area contributed by atoms with Crippen molar-refractivity contribution in [1.29, 1.82) is 0 Å². The van der Waals surface area contributed by atoms with Crippen LogP contribution in [-0.4, -0.2) is 49.4 Å². The maximum absolute atomic E-state index is 12.1. The summed E-state index contributed by atoms with van der Waals surface area (Å²) in [4.78, 5) is 48.4. The minimum atomic E-state index is -0.782. The molecule has 2 N–H and O–H groups in total. The van der Waals surface area contributed by atoms with Gasteiger partial charge in [-0.15, -0.1) is 0 Å². The van der Waals surface area contributed by atoms with Crippen molar-refractivity contribution in [3.8, 4) is 11.5 Å². The maximum Gasteiger partial charge on any atom is 0.412 e. The molecule has 0 bridgehead atoms. The van der Waals surface area contributed by atoms with Crippen LogP contribution in [0.5, 0.6) is 11.5 Å². The summed E-state index contributed by atoms with van der Waals surface area (Å²) in [5.74, 6) is -0.919. The molecule has 0 aliphatic rings. The van der Waals surface area contributed by atoms with Crippen LogP contribution in [0.2, 0.25) is 0 Å². The molecular formula is C28H34N2O8. The van der Waals surface area contributed by atoms with Gasteiger partial charge in [-0.2, -0.15) is 0 Å². The zero-order valence-electron chi connectivity index (χ0n) is 21.9. The number of ether oxygens (including phenoxy) is 4. The van der Waals surface area contributed by atoms with Crippen LogP contribution in [-0.2, 0) is 19.1 Å². The van der Waals surface area contributed by atoms with E-state index in [1.165, 1.54) is 0 Å². The first-order valence-corrected chi connectivity index (χ1v) is 12.2.